The number of nitrogens with zero attached hydrogens (tertiary/aromatic N) is 4. The standard InChI is InChI=1S/C23H30N4O4Si/c1-32(2,3)11-10-31-15-27-14-19(23(29)30)25-22(27)9-7-20(28)18-13-26-12-17(16-4-5-16)6-8-21(26)24-18/h6,8,12-14,16H,4-5,7,9-11,15H2,1-3H3,(H,29,30). The Morgan fingerprint density at radius 2 is 1.91 bits per heavy atom. The first kappa shape index (κ1) is 22.4. The fraction of sp³-hybridized carbons (Fsp3) is 0.478. The van der Waals surface area contributed by atoms with Crippen LogP contribution < -0.4 is 0 Å². The highest BCUT2D eigenvalue weighted by Gasteiger charge is 2.24. The second-order valence-corrected chi connectivity index (χ2v) is 15.3. The Kier molecular flexibility index (Phi) is 6.30. The van der Waals surface area contributed by atoms with Crippen LogP contribution in [-0.2, 0) is 17.9 Å². The highest BCUT2D eigenvalue weighted by molar-refractivity contribution is 6.76. The van der Waals surface area contributed by atoms with Crippen molar-refractivity contribution in [2.45, 2.75) is 64.0 Å². The Morgan fingerprint density at radius 1 is 1.12 bits per heavy atom. The number of aromatic nitrogens is 4. The van der Waals surface area contributed by atoms with Crippen molar-refractivity contribution in [3.63, 3.8) is 0 Å². The molecule has 0 radical (unpaired) electrons. The summed E-state index contributed by atoms with van der Waals surface area (Å²) in [5, 5.41) is 9.31. The number of carbonyl (C=O) groups is 2. The Labute approximate surface area is 188 Å². The molecule has 3 heterocycles. The van der Waals surface area contributed by atoms with Crippen LogP contribution in [0.25, 0.3) is 5.65 Å². The van der Waals surface area contributed by atoms with Gasteiger partial charge in [0.25, 0.3) is 0 Å². The van der Waals surface area contributed by atoms with Crippen LogP contribution in [0.5, 0.6) is 0 Å². The average molecular weight is 455 g/mol. The Bertz CT molecular complexity index is 1140. The molecular formula is C23H30N4O4Si. The molecule has 1 N–H and O–H groups in total. The maximum Gasteiger partial charge on any atom is 0.356 e. The van der Waals surface area contributed by atoms with Crippen molar-refractivity contribution in [3.8, 4) is 0 Å². The van der Waals surface area contributed by atoms with Crippen molar-refractivity contribution in [1.82, 2.24) is 18.9 Å². The van der Waals surface area contributed by atoms with Gasteiger partial charge in [-0.1, -0.05) is 25.7 Å². The Morgan fingerprint density at radius 3 is 2.59 bits per heavy atom. The van der Waals surface area contributed by atoms with Gasteiger partial charge in [-0.05, 0) is 36.4 Å². The number of aryl methyl sites for hydroxylation is 1. The molecule has 0 atom stereocenters. The lowest BCUT2D eigenvalue weighted by Crippen LogP contribution is -2.22. The molecule has 170 valence electrons. The topological polar surface area (TPSA) is 98.7 Å². The van der Waals surface area contributed by atoms with Gasteiger partial charge >= 0.3 is 5.97 Å². The summed E-state index contributed by atoms with van der Waals surface area (Å²) < 4.78 is 9.36. The van der Waals surface area contributed by atoms with Gasteiger partial charge in [-0.2, -0.15) is 0 Å². The number of Topliss-reactive ketones (excluding diaryl/α,β-unsaturated/α-hetero) is 1. The number of pyridine rings is 1. The van der Waals surface area contributed by atoms with Crippen LogP contribution in [0.15, 0.2) is 30.7 Å². The third-order valence-corrected chi connectivity index (χ3v) is 7.39. The molecule has 1 saturated carbocycles. The number of hydrogen-bond acceptors (Lipinski definition) is 5. The molecule has 1 aliphatic rings. The van der Waals surface area contributed by atoms with Gasteiger partial charge < -0.3 is 18.8 Å². The van der Waals surface area contributed by atoms with E-state index in [1.807, 2.05) is 10.5 Å². The lowest BCUT2D eigenvalue weighted by molar-refractivity contribution is 0.0689. The van der Waals surface area contributed by atoms with E-state index in [-0.39, 0.29) is 24.6 Å². The van der Waals surface area contributed by atoms with Crippen molar-refractivity contribution in [1.29, 1.82) is 0 Å². The Hall–Kier alpha value is -2.78. The fourth-order valence-corrected chi connectivity index (χ4v) is 4.32. The maximum atomic E-state index is 12.8. The maximum absolute atomic E-state index is 12.8. The molecule has 1 aliphatic carbocycles. The van der Waals surface area contributed by atoms with Crippen molar-refractivity contribution in [2.24, 2.45) is 0 Å². The van der Waals surface area contributed by atoms with Crippen LogP contribution >= 0.6 is 0 Å². The zero-order chi connectivity index (χ0) is 22.9. The molecule has 0 bridgehead atoms. The molecule has 4 rings (SSSR count). The quantitative estimate of drug-likeness (QED) is 0.264. The van der Waals surface area contributed by atoms with Crippen LogP contribution in [0.1, 0.15) is 57.5 Å². The van der Waals surface area contributed by atoms with Gasteiger partial charge in [0.2, 0.25) is 0 Å². The van der Waals surface area contributed by atoms with E-state index in [4.69, 9.17) is 4.74 Å². The monoisotopic (exact) mass is 454 g/mol. The first-order valence-corrected chi connectivity index (χ1v) is 14.8. The van der Waals surface area contributed by atoms with Crippen LogP contribution in [-0.4, -0.2) is 50.5 Å². The SMILES string of the molecule is C[Si](C)(C)CCOCn1cc(C(=O)O)nc1CCC(=O)c1cn2cc(C3CC3)ccc2n1. The number of carboxylic acid groups (broad SMARTS) is 1. The third kappa shape index (κ3) is 5.52. The first-order valence-electron chi connectivity index (χ1n) is 11.1. The minimum Gasteiger partial charge on any atom is -0.476 e. The predicted octanol–water partition coefficient (Wildman–Crippen LogP) is 4.23. The molecule has 3 aromatic heterocycles. The summed E-state index contributed by atoms with van der Waals surface area (Å²) >= 11 is 0. The zero-order valence-electron chi connectivity index (χ0n) is 18.9. The van der Waals surface area contributed by atoms with Gasteiger partial charge in [-0.3, -0.25) is 4.79 Å². The second kappa shape index (κ2) is 8.99. The molecule has 0 saturated heterocycles. The number of hydrogen-bond donors (Lipinski definition) is 1. The van der Waals surface area contributed by atoms with Gasteiger partial charge in [-0.15, -0.1) is 0 Å². The van der Waals surface area contributed by atoms with E-state index < -0.39 is 14.0 Å². The summed E-state index contributed by atoms with van der Waals surface area (Å²) in [5.74, 6) is -0.0160. The molecule has 32 heavy (non-hydrogen) atoms. The molecule has 0 aromatic carbocycles. The lowest BCUT2D eigenvalue weighted by Gasteiger charge is -2.16. The Balaban J connectivity index is 1.41. The van der Waals surface area contributed by atoms with Crippen molar-refractivity contribution in [2.75, 3.05) is 6.61 Å². The summed E-state index contributed by atoms with van der Waals surface area (Å²) in [6.07, 6.45) is 8.27. The average Bonchev–Trinajstić information content (AvgIpc) is 3.36. The van der Waals surface area contributed by atoms with E-state index in [9.17, 15) is 14.7 Å². The molecule has 0 aliphatic heterocycles. The second-order valence-electron chi connectivity index (χ2n) is 9.72. The lowest BCUT2D eigenvalue weighted by atomic mass is 10.2. The summed E-state index contributed by atoms with van der Waals surface area (Å²) in [4.78, 5) is 32.8. The van der Waals surface area contributed by atoms with Crippen LogP contribution in [0.2, 0.25) is 25.7 Å². The number of imidazole rings is 2. The van der Waals surface area contributed by atoms with Gasteiger partial charge in [0, 0.05) is 46.1 Å². The van der Waals surface area contributed by atoms with Gasteiger partial charge in [-0.25, -0.2) is 14.8 Å². The van der Waals surface area contributed by atoms with Crippen LogP contribution in [0, 0.1) is 0 Å². The number of ether oxygens (including phenoxy) is 1. The van der Waals surface area contributed by atoms with E-state index >= 15 is 0 Å². The number of carbonyl (C=O) groups excluding carboxylic acids is 1. The smallest absolute Gasteiger partial charge is 0.356 e. The van der Waals surface area contributed by atoms with Crippen LogP contribution in [0.3, 0.4) is 0 Å². The van der Waals surface area contributed by atoms with E-state index in [1.54, 1.807) is 10.8 Å². The molecular weight excluding hydrogens is 424 g/mol. The number of carboxylic acids is 1. The highest BCUT2D eigenvalue weighted by Crippen LogP contribution is 2.39. The molecule has 1 fully saturated rings. The minimum atomic E-state index is -1.21. The van der Waals surface area contributed by atoms with Gasteiger partial charge in [0.05, 0.1) is 0 Å². The van der Waals surface area contributed by atoms with Crippen molar-refractivity contribution in [3.05, 3.63) is 53.5 Å². The van der Waals surface area contributed by atoms with E-state index in [0.717, 1.165) is 11.7 Å². The summed E-state index contributed by atoms with van der Waals surface area (Å²) in [5.41, 5.74) is 2.41. The first-order chi connectivity index (χ1) is 15.2. The normalized spacial score (nSPS) is 14.2. The molecule has 9 heteroatoms. The zero-order valence-corrected chi connectivity index (χ0v) is 19.9. The number of aromatic carboxylic acids is 1. The number of fused-ring (bicyclic) bond motifs is 1. The number of ketones is 1. The summed E-state index contributed by atoms with van der Waals surface area (Å²) in [6, 6.07) is 5.06. The number of rotatable bonds is 11. The minimum absolute atomic E-state index is 0.0402. The van der Waals surface area contributed by atoms with Crippen molar-refractivity contribution >= 4 is 25.5 Å². The van der Waals surface area contributed by atoms with Crippen LogP contribution in [0.4, 0.5) is 0 Å². The van der Waals surface area contributed by atoms with E-state index in [1.165, 1.54) is 24.6 Å². The molecule has 0 amide bonds. The predicted molar refractivity (Wildman–Crippen MR) is 123 cm³/mol. The molecule has 8 nitrogen and oxygen atoms in total. The highest BCUT2D eigenvalue weighted by atomic mass is 28.3. The summed E-state index contributed by atoms with van der Waals surface area (Å²) in [6.45, 7) is 7.68. The van der Waals surface area contributed by atoms with E-state index in [2.05, 4.69) is 41.9 Å². The van der Waals surface area contributed by atoms with E-state index in [0.29, 0.717) is 30.5 Å². The molecule has 0 unspecified atom stereocenters. The fourth-order valence-electron chi connectivity index (χ4n) is 3.56. The van der Waals surface area contributed by atoms with Gasteiger partial charge in [0.15, 0.2) is 11.5 Å². The molecule has 3 aromatic rings. The van der Waals surface area contributed by atoms with Crippen molar-refractivity contribution < 1.29 is 19.4 Å². The van der Waals surface area contributed by atoms with Gasteiger partial charge in [0.1, 0.15) is 23.9 Å². The molecule has 0 spiro atoms. The summed E-state index contributed by atoms with van der Waals surface area (Å²) in [7, 11) is -1.21. The third-order valence-electron chi connectivity index (χ3n) is 5.69. The largest absolute Gasteiger partial charge is 0.476 e.